The Morgan fingerprint density at radius 2 is 0.681 bits per heavy atom. The second kappa shape index (κ2) is 33.3. The summed E-state index contributed by atoms with van der Waals surface area (Å²) in [6.45, 7) is 16.0. The van der Waals surface area contributed by atoms with E-state index in [1.54, 1.807) is 0 Å². The minimum absolute atomic E-state index is 0.102. The molecule has 0 saturated carbocycles. The van der Waals surface area contributed by atoms with Crippen LogP contribution in [0.4, 0.5) is 0 Å². The van der Waals surface area contributed by atoms with Crippen molar-refractivity contribution in [2.45, 2.75) is 207 Å². The van der Waals surface area contributed by atoms with Gasteiger partial charge in [-0.1, -0.05) is 117 Å². The summed E-state index contributed by atoms with van der Waals surface area (Å²) in [7, 11) is 0. The smallest absolute Gasteiger partial charge is 0.306 e. The van der Waals surface area contributed by atoms with Crippen molar-refractivity contribution >= 4 is 11.9 Å². The summed E-state index contributed by atoms with van der Waals surface area (Å²) in [5, 5.41) is 0. The molecule has 0 fully saturated rings. The second-order valence-corrected chi connectivity index (χ2v) is 13.7. The first-order valence-corrected chi connectivity index (χ1v) is 19.5. The third-order valence-electron chi connectivity index (χ3n) is 8.24. The lowest BCUT2D eigenvalue weighted by atomic mass is 10.1. The van der Waals surface area contributed by atoms with Crippen LogP contribution in [0, 0.1) is 0 Å². The Balaban J connectivity index is 3.76. The van der Waals surface area contributed by atoms with Gasteiger partial charge in [-0.3, -0.25) is 9.59 Å². The van der Waals surface area contributed by atoms with Crippen LogP contribution < -0.4 is 0 Å². The molecule has 5 unspecified atom stereocenters. The molecule has 47 heavy (non-hydrogen) atoms. The summed E-state index contributed by atoms with van der Waals surface area (Å²) < 4.78 is 34.3. The van der Waals surface area contributed by atoms with Gasteiger partial charge < -0.3 is 28.4 Å². The molecule has 8 nitrogen and oxygen atoms in total. The predicted molar refractivity (Wildman–Crippen MR) is 192 cm³/mol. The molecular weight excluding hydrogens is 596 g/mol. The fourth-order valence-corrected chi connectivity index (χ4v) is 5.15. The van der Waals surface area contributed by atoms with Crippen molar-refractivity contribution in [3.05, 3.63) is 0 Å². The Morgan fingerprint density at radius 1 is 0.383 bits per heavy atom. The van der Waals surface area contributed by atoms with Gasteiger partial charge in [-0.05, 0) is 47.5 Å². The fraction of sp³-hybridized carbons (Fsp3) is 0.949. The SMILES string of the molecule is CCCCCCCCCCCC(=O)OCC(C)OCC(C)OCC(C)OCC(C)OCC(C)OC(=O)CCCCCCCCCCC. The molecule has 0 aliphatic heterocycles. The number of hydrogen-bond donors (Lipinski definition) is 0. The summed E-state index contributed by atoms with van der Waals surface area (Å²) in [5.74, 6) is -0.284. The lowest BCUT2D eigenvalue weighted by molar-refractivity contribution is -0.153. The van der Waals surface area contributed by atoms with E-state index in [2.05, 4.69) is 13.8 Å². The van der Waals surface area contributed by atoms with E-state index < -0.39 is 0 Å². The lowest BCUT2D eigenvalue weighted by Gasteiger charge is -2.22. The molecule has 0 aromatic carbocycles. The molecule has 0 saturated heterocycles. The zero-order valence-corrected chi connectivity index (χ0v) is 31.8. The van der Waals surface area contributed by atoms with Crippen molar-refractivity contribution in [2.75, 3.05) is 33.0 Å². The number of ether oxygens (including phenoxy) is 6. The van der Waals surface area contributed by atoms with Crippen molar-refractivity contribution in [2.24, 2.45) is 0 Å². The first kappa shape index (κ1) is 45.8. The molecule has 0 aliphatic rings. The van der Waals surface area contributed by atoms with Crippen LogP contribution in [0.2, 0.25) is 0 Å². The lowest BCUT2D eigenvalue weighted by Crippen LogP contribution is -2.29. The minimum Gasteiger partial charge on any atom is -0.463 e. The van der Waals surface area contributed by atoms with E-state index in [4.69, 9.17) is 28.4 Å². The van der Waals surface area contributed by atoms with E-state index in [9.17, 15) is 9.59 Å². The largest absolute Gasteiger partial charge is 0.463 e. The van der Waals surface area contributed by atoms with Gasteiger partial charge in [0, 0.05) is 12.8 Å². The molecule has 0 rings (SSSR count). The normalized spacial score (nSPS) is 14.8. The minimum atomic E-state index is -0.282. The van der Waals surface area contributed by atoms with Crippen LogP contribution in [0.25, 0.3) is 0 Å². The predicted octanol–water partition coefficient (Wildman–Crippen LogP) is 9.92. The molecule has 0 bridgehead atoms. The molecule has 0 heterocycles. The maximum Gasteiger partial charge on any atom is 0.306 e. The van der Waals surface area contributed by atoms with Crippen LogP contribution in [-0.4, -0.2) is 75.5 Å². The number of carbonyl (C=O) groups excluding carboxylic acids is 2. The zero-order chi connectivity index (χ0) is 35.0. The molecule has 0 amide bonds. The van der Waals surface area contributed by atoms with Gasteiger partial charge in [0.1, 0.15) is 12.7 Å². The number of carbonyl (C=O) groups is 2. The van der Waals surface area contributed by atoms with Gasteiger partial charge >= 0.3 is 11.9 Å². The molecule has 0 spiro atoms. The van der Waals surface area contributed by atoms with Gasteiger partial charge in [0.25, 0.3) is 0 Å². The Hall–Kier alpha value is -1.22. The number of esters is 2. The Kier molecular flexibility index (Phi) is 32.4. The zero-order valence-electron chi connectivity index (χ0n) is 31.8. The van der Waals surface area contributed by atoms with Gasteiger partial charge in [0.05, 0.1) is 50.8 Å². The standard InChI is InChI=1S/C39H76O8/c1-8-10-12-14-16-18-20-22-24-26-38(40)46-31-36(6)44-29-34(4)42-28-33(3)43-30-35(5)45-32-37(7)47-39(41)27-25-23-21-19-17-15-13-11-9-2/h33-37H,8-32H2,1-7H3. The van der Waals surface area contributed by atoms with E-state index in [0.29, 0.717) is 39.3 Å². The molecule has 0 aromatic rings. The summed E-state index contributed by atoms with van der Waals surface area (Å²) in [6.07, 6.45) is 22.3. The first-order chi connectivity index (χ1) is 22.7. The maximum atomic E-state index is 12.1. The number of rotatable bonds is 35. The Morgan fingerprint density at radius 3 is 1.06 bits per heavy atom. The molecular formula is C39H76O8. The monoisotopic (exact) mass is 673 g/mol. The number of hydrogen-bond acceptors (Lipinski definition) is 8. The van der Waals surface area contributed by atoms with Crippen LogP contribution in [0.5, 0.6) is 0 Å². The van der Waals surface area contributed by atoms with E-state index in [0.717, 1.165) is 25.7 Å². The van der Waals surface area contributed by atoms with Gasteiger partial charge in [0.2, 0.25) is 0 Å². The van der Waals surface area contributed by atoms with Crippen molar-refractivity contribution < 1.29 is 38.0 Å². The van der Waals surface area contributed by atoms with E-state index in [1.165, 1.54) is 89.9 Å². The van der Waals surface area contributed by atoms with Gasteiger partial charge in [-0.15, -0.1) is 0 Å². The van der Waals surface area contributed by atoms with E-state index >= 15 is 0 Å². The highest BCUT2D eigenvalue weighted by Gasteiger charge is 2.15. The van der Waals surface area contributed by atoms with Crippen molar-refractivity contribution in [3.8, 4) is 0 Å². The van der Waals surface area contributed by atoms with Crippen molar-refractivity contribution in [1.29, 1.82) is 0 Å². The fourth-order valence-electron chi connectivity index (χ4n) is 5.15. The number of unbranched alkanes of at least 4 members (excludes halogenated alkanes) is 16. The van der Waals surface area contributed by atoms with Crippen molar-refractivity contribution in [1.82, 2.24) is 0 Å². The second-order valence-electron chi connectivity index (χ2n) is 13.7. The maximum absolute atomic E-state index is 12.1. The topological polar surface area (TPSA) is 89.5 Å². The third-order valence-corrected chi connectivity index (χ3v) is 8.24. The van der Waals surface area contributed by atoms with Gasteiger partial charge in [0.15, 0.2) is 0 Å². The van der Waals surface area contributed by atoms with Crippen LogP contribution in [-0.2, 0) is 38.0 Å². The van der Waals surface area contributed by atoms with Crippen molar-refractivity contribution in [3.63, 3.8) is 0 Å². The Bertz CT molecular complexity index is 702. The summed E-state index contributed by atoms with van der Waals surface area (Å²) in [6, 6.07) is 0. The van der Waals surface area contributed by atoms with E-state index in [-0.39, 0.29) is 49.1 Å². The first-order valence-electron chi connectivity index (χ1n) is 19.5. The highest BCUT2D eigenvalue weighted by atomic mass is 16.6. The van der Waals surface area contributed by atoms with Crippen LogP contribution in [0.3, 0.4) is 0 Å². The highest BCUT2D eigenvalue weighted by Crippen LogP contribution is 2.13. The molecule has 8 heteroatoms. The quantitative estimate of drug-likeness (QED) is 0.0486. The molecule has 0 radical (unpaired) electrons. The van der Waals surface area contributed by atoms with E-state index in [1.807, 2.05) is 34.6 Å². The summed E-state index contributed by atoms with van der Waals surface area (Å²) >= 11 is 0. The van der Waals surface area contributed by atoms with Crippen LogP contribution >= 0.6 is 0 Å². The molecule has 0 N–H and O–H groups in total. The summed E-state index contributed by atoms with van der Waals surface area (Å²) in [5.41, 5.74) is 0. The van der Waals surface area contributed by atoms with Crippen LogP contribution in [0.15, 0.2) is 0 Å². The molecule has 5 atom stereocenters. The van der Waals surface area contributed by atoms with Crippen LogP contribution in [0.1, 0.15) is 177 Å². The average molecular weight is 673 g/mol. The molecule has 0 aliphatic carbocycles. The third kappa shape index (κ3) is 33.1. The summed E-state index contributed by atoms with van der Waals surface area (Å²) in [4.78, 5) is 24.2. The highest BCUT2D eigenvalue weighted by molar-refractivity contribution is 5.69. The van der Waals surface area contributed by atoms with Gasteiger partial charge in [-0.2, -0.15) is 0 Å². The molecule has 0 aromatic heterocycles. The van der Waals surface area contributed by atoms with Gasteiger partial charge in [-0.25, -0.2) is 0 Å². The molecule has 280 valence electrons. The average Bonchev–Trinajstić information content (AvgIpc) is 3.05. The Labute approximate surface area is 290 Å².